The van der Waals surface area contributed by atoms with Crippen molar-refractivity contribution < 1.29 is 50.9 Å². The van der Waals surface area contributed by atoms with Gasteiger partial charge in [0.25, 0.3) is 10.0 Å². The molecule has 3 aromatic rings. The van der Waals surface area contributed by atoms with Gasteiger partial charge in [-0.25, -0.2) is 18.0 Å². The number of ether oxygens (including phenoxy) is 2. The lowest BCUT2D eigenvalue weighted by atomic mass is 10.1. The number of hydrogen-bond donors (Lipinski definition) is 3. The second-order valence-electron chi connectivity index (χ2n) is 8.79. The van der Waals surface area contributed by atoms with Gasteiger partial charge in [-0.15, -0.1) is 0 Å². The fourth-order valence-electron chi connectivity index (χ4n) is 3.98. The summed E-state index contributed by atoms with van der Waals surface area (Å²) in [7, 11) is -0.821. The van der Waals surface area contributed by atoms with Crippen LogP contribution in [0.3, 0.4) is 0 Å². The van der Waals surface area contributed by atoms with Crippen LogP contribution in [0.15, 0.2) is 71.6 Å². The van der Waals surface area contributed by atoms with Gasteiger partial charge in [-0.3, -0.25) is 4.72 Å². The van der Waals surface area contributed by atoms with Crippen molar-refractivity contribution in [3.05, 3.63) is 72.3 Å². The highest BCUT2D eigenvalue weighted by molar-refractivity contribution is 7.92. The number of anilines is 3. The van der Waals surface area contributed by atoms with Gasteiger partial charge in [-0.05, 0) is 66.7 Å². The zero-order valence-corrected chi connectivity index (χ0v) is 23.3. The van der Waals surface area contributed by atoms with Gasteiger partial charge in [-0.2, -0.15) is 13.2 Å². The maximum atomic E-state index is 13.1. The van der Waals surface area contributed by atoms with E-state index in [0.29, 0.717) is 24.5 Å². The summed E-state index contributed by atoms with van der Waals surface area (Å²) >= 11 is 0. The highest BCUT2D eigenvalue weighted by Gasteiger charge is 2.38. The molecule has 11 nitrogen and oxygen atoms in total. The maximum absolute atomic E-state index is 13.1. The number of methoxy groups -OCH3 is 2. The summed E-state index contributed by atoms with van der Waals surface area (Å²) in [4.78, 5) is 24.8. The van der Waals surface area contributed by atoms with Crippen LogP contribution in [0, 0.1) is 0 Å². The minimum Gasteiger partial charge on any atom is -0.497 e. The highest BCUT2D eigenvalue weighted by atomic mass is 32.2. The van der Waals surface area contributed by atoms with Crippen molar-refractivity contribution in [3.63, 3.8) is 0 Å². The Morgan fingerprint density at radius 3 is 1.74 bits per heavy atom. The molecule has 3 N–H and O–H groups in total. The standard InChI is InChI=1S/C25H27N3O6S.C2HF3O2/c1-33-20-6-4-19(5-7-20)27-13-15-28(16-14-27)24-12-3-18(25(29)30)17-23(24)26-35(31,32)22-10-8-21(34-2)9-11-22;3-2(4,5)1(6)7/h3-12,17,26H,13-16H2,1-2H3,(H,29,30);(H,6,7). The van der Waals surface area contributed by atoms with Crippen molar-refractivity contribution in [1.29, 1.82) is 0 Å². The second kappa shape index (κ2) is 13.3. The Hall–Kier alpha value is -4.66. The number of benzene rings is 3. The summed E-state index contributed by atoms with van der Waals surface area (Å²) in [5.41, 5.74) is 1.92. The van der Waals surface area contributed by atoms with E-state index in [4.69, 9.17) is 19.4 Å². The summed E-state index contributed by atoms with van der Waals surface area (Å²) in [5, 5.41) is 16.6. The van der Waals surface area contributed by atoms with Crippen LogP contribution in [0.5, 0.6) is 11.5 Å². The molecule has 15 heteroatoms. The molecule has 0 radical (unpaired) electrons. The summed E-state index contributed by atoms with van der Waals surface area (Å²) in [5.74, 6) is -2.56. The van der Waals surface area contributed by atoms with Crippen LogP contribution in [0.4, 0.5) is 30.2 Å². The van der Waals surface area contributed by atoms with E-state index in [0.717, 1.165) is 24.5 Å². The summed E-state index contributed by atoms with van der Waals surface area (Å²) in [6, 6.07) is 18.3. The van der Waals surface area contributed by atoms with Gasteiger partial charge in [0.15, 0.2) is 0 Å². The number of sulfonamides is 1. The topological polar surface area (TPSA) is 146 Å². The molecule has 1 heterocycles. The van der Waals surface area contributed by atoms with Crippen molar-refractivity contribution in [1.82, 2.24) is 0 Å². The van der Waals surface area contributed by atoms with Gasteiger partial charge in [0, 0.05) is 31.9 Å². The lowest BCUT2D eigenvalue weighted by molar-refractivity contribution is -0.192. The number of nitrogens with one attached hydrogen (secondary N) is 1. The summed E-state index contributed by atoms with van der Waals surface area (Å²) in [6.07, 6.45) is -5.08. The Kier molecular flexibility index (Phi) is 10.1. The Morgan fingerprint density at radius 2 is 1.29 bits per heavy atom. The number of halogens is 3. The van der Waals surface area contributed by atoms with Gasteiger partial charge in [0.1, 0.15) is 11.5 Å². The lowest BCUT2D eigenvalue weighted by Gasteiger charge is -2.38. The molecule has 226 valence electrons. The van der Waals surface area contributed by atoms with E-state index in [1.807, 2.05) is 24.3 Å². The monoisotopic (exact) mass is 611 g/mol. The normalized spacial score (nSPS) is 13.5. The number of aromatic carboxylic acids is 1. The van der Waals surface area contributed by atoms with E-state index in [2.05, 4.69) is 14.5 Å². The molecule has 1 aliphatic heterocycles. The number of carbonyl (C=O) groups is 2. The third-order valence-corrected chi connectivity index (χ3v) is 7.54. The number of hydrogen-bond acceptors (Lipinski definition) is 8. The number of aliphatic carboxylic acids is 1. The zero-order valence-electron chi connectivity index (χ0n) is 22.5. The largest absolute Gasteiger partial charge is 0.497 e. The summed E-state index contributed by atoms with van der Waals surface area (Å²) < 4.78 is 70.8. The molecule has 1 fully saturated rings. The van der Waals surface area contributed by atoms with Crippen LogP contribution < -0.4 is 24.0 Å². The number of carboxylic acids is 2. The molecule has 0 amide bonds. The van der Waals surface area contributed by atoms with E-state index in [9.17, 15) is 31.5 Å². The molecule has 0 bridgehead atoms. The Bertz CT molecular complexity index is 1490. The molecule has 42 heavy (non-hydrogen) atoms. The van der Waals surface area contributed by atoms with E-state index in [1.165, 1.54) is 31.4 Å². The molecule has 0 atom stereocenters. The molecule has 1 aliphatic rings. The van der Waals surface area contributed by atoms with Gasteiger partial charge < -0.3 is 29.5 Å². The molecular formula is C27H28F3N3O8S. The van der Waals surface area contributed by atoms with Crippen LogP contribution in [-0.2, 0) is 14.8 Å². The third-order valence-electron chi connectivity index (χ3n) is 6.16. The fraction of sp³-hybridized carbons (Fsp3) is 0.259. The minimum absolute atomic E-state index is 0.00181. The maximum Gasteiger partial charge on any atom is 0.490 e. The van der Waals surface area contributed by atoms with Crippen LogP contribution in [0.25, 0.3) is 0 Å². The predicted octanol–water partition coefficient (Wildman–Crippen LogP) is 4.16. The van der Waals surface area contributed by atoms with Gasteiger partial charge in [0.2, 0.25) is 0 Å². The molecule has 0 aromatic heterocycles. The van der Waals surface area contributed by atoms with Crippen molar-refractivity contribution in [2.24, 2.45) is 0 Å². The van der Waals surface area contributed by atoms with Crippen LogP contribution in [0.2, 0.25) is 0 Å². The molecular weight excluding hydrogens is 583 g/mol. The average Bonchev–Trinajstić information content (AvgIpc) is 2.97. The molecule has 1 saturated heterocycles. The van der Waals surface area contributed by atoms with E-state index in [-0.39, 0.29) is 16.1 Å². The molecule has 0 spiro atoms. The molecule has 0 saturated carbocycles. The van der Waals surface area contributed by atoms with E-state index < -0.39 is 28.1 Å². The first-order valence-corrected chi connectivity index (χ1v) is 13.7. The highest BCUT2D eigenvalue weighted by Crippen LogP contribution is 2.32. The second-order valence-corrected chi connectivity index (χ2v) is 10.5. The lowest BCUT2D eigenvalue weighted by Crippen LogP contribution is -2.46. The molecule has 0 aliphatic carbocycles. The minimum atomic E-state index is -5.08. The van der Waals surface area contributed by atoms with Crippen LogP contribution in [-0.4, -0.2) is 77.1 Å². The van der Waals surface area contributed by atoms with Gasteiger partial charge >= 0.3 is 18.1 Å². The van der Waals surface area contributed by atoms with Crippen molar-refractivity contribution in [2.75, 3.05) is 54.9 Å². The zero-order chi connectivity index (χ0) is 31.1. The number of nitrogens with zero attached hydrogens (tertiary/aromatic N) is 2. The van der Waals surface area contributed by atoms with Crippen LogP contribution >= 0.6 is 0 Å². The van der Waals surface area contributed by atoms with Crippen molar-refractivity contribution in [2.45, 2.75) is 11.1 Å². The Balaban J connectivity index is 0.000000616. The Morgan fingerprint density at radius 1 is 0.810 bits per heavy atom. The number of rotatable bonds is 8. The molecule has 0 unspecified atom stereocenters. The average molecular weight is 612 g/mol. The molecule has 3 aromatic carbocycles. The first kappa shape index (κ1) is 31.9. The number of piperazine rings is 1. The fourth-order valence-corrected chi connectivity index (χ4v) is 5.05. The Labute approximate surface area is 239 Å². The summed E-state index contributed by atoms with van der Waals surface area (Å²) in [6.45, 7) is 2.71. The molecule has 4 rings (SSSR count). The van der Waals surface area contributed by atoms with Gasteiger partial charge in [0.05, 0.1) is 36.1 Å². The third kappa shape index (κ3) is 8.19. The van der Waals surface area contributed by atoms with Crippen molar-refractivity contribution >= 4 is 39.0 Å². The predicted molar refractivity (Wildman–Crippen MR) is 148 cm³/mol. The van der Waals surface area contributed by atoms with E-state index in [1.54, 1.807) is 25.3 Å². The van der Waals surface area contributed by atoms with E-state index >= 15 is 0 Å². The van der Waals surface area contributed by atoms with Gasteiger partial charge in [-0.1, -0.05) is 0 Å². The SMILES string of the molecule is COc1ccc(N2CCN(c3ccc(C(=O)O)cc3NS(=O)(=O)c3ccc(OC)cc3)CC2)cc1.O=C(O)C(F)(F)F. The quantitative estimate of drug-likeness (QED) is 0.339. The number of alkyl halides is 3. The number of carboxylic acid groups (broad SMARTS) is 2. The first-order valence-electron chi connectivity index (χ1n) is 12.2. The first-order chi connectivity index (χ1) is 19.7. The van der Waals surface area contributed by atoms with Crippen LogP contribution in [0.1, 0.15) is 10.4 Å². The van der Waals surface area contributed by atoms with Crippen molar-refractivity contribution in [3.8, 4) is 11.5 Å². The smallest absolute Gasteiger partial charge is 0.490 e.